The summed E-state index contributed by atoms with van der Waals surface area (Å²) in [6.07, 6.45) is 9.93. The van der Waals surface area contributed by atoms with E-state index in [0.717, 1.165) is 12.0 Å². The monoisotopic (exact) mass is 388 g/mol. The maximum absolute atomic E-state index is 11.2. The molecular formula is C17H25IO2. The first-order chi connectivity index (χ1) is 9.65. The lowest BCUT2D eigenvalue weighted by Gasteiger charge is -2.11. The lowest BCUT2D eigenvalue weighted by molar-refractivity contribution is 0.0695. The van der Waals surface area contributed by atoms with E-state index in [2.05, 4.69) is 29.5 Å². The fourth-order valence-corrected chi connectivity index (χ4v) is 3.31. The van der Waals surface area contributed by atoms with Crippen LogP contribution in [0.4, 0.5) is 0 Å². The van der Waals surface area contributed by atoms with Crippen LogP contribution in [-0.4, -0.2) is 15.0 Å². The number of carboxylic acid groups (broad SMARTS) is 1. The van der Waals surface area contributed by atoms with Crippen molar-refractivity contribution in [3.05, 3.63) is 35.4 Å². The van der Waals surface area contributed by atoms with Gasteiger partial charge in [0, 0.05) is 3.92 Å². The molecule has 0 bridgehead atoms. The summed E-state index contributed by atoms with van der Waals surface area (Å²) < 4.78 is 0.527. The highest BCUT2D eigenvalue weighted by molar-refractivity contribution is 14.1. The Hall–Kier alpha value is -0.580. The number of carbonyl (C=O) groups is 1. The second-order valence-corrected chi connectivity index (χ2v) is 7.08. The van der Waals surface area contributed by atoms with E-state index in [1.54, 1.807) is 12.1 Å². The molecule has 0 aliphatic rings. The molecule has 0 saturated carbocycles. The minimum atomic E-state index is -0.816. The van der Waals surface area contributed by atoms with Gasteiger partial charge in [-0.1, -0.05) is 86.2 Å². The molecule has 2 nitrogen and oxygen atoms in total. The summed E-state index contributed by atoms with van der Waals surface area (Å²) in [5.41, 5.74) is 1.42. The number of aromatic carboxylic acids is 1. The van der Waals surface area contributed by atoms with Gasteiger partial charge in [0.1, 0.15) is 0 Å². The highest BCUT2D eigenvalue weighted by Gasteiger charge is 2.12. The Kier molecular flexibility index (Phi) is 8.90. The first-order valence-electron chi connectivity index (χ1n) is 7.60. The van der Waals surface area contributed by atoms with Crippen LogP contribution < -0.4 is 0 Å². The summed E-state index contributed by atoms with van der Waals surface area (Å²) in [4.78, 5) is 11.2. The van der Waals surface area contributed by atoms with E-state index in [1.807, 2.05) is 12.1 Å². The number of rotatable bonds is 10. The van der Waals surface area contributed by atoms with Gasteiger partial charge in [-0.15, -0.1) is 0 Å². The molecule has 1 atom stereocenters. The molecular weight excluding hydrogens is 363 g/mol. The summed E-state index contributed by atoms with van der Waals surface area (Å²) in [7, 11) is 0. The minimum absolute atomic E-state index is 0.456. The zero-order valence-corrected chi connectivity index (χ0v) is 14.4. The molecule has 0 amide bonds. The molecule has 112 valence electrons. The highest BCUT2D eigenvalue weighted by atomic mass is 127. The van der Waals surface area contributed by atoms with E-state index in [-0.39, 0.29) is 0 Å². The lowest BCUT2D eigenvalue weighted by Crippen LogP contribution is -2.08. The Morgan fingerprint density at radius 3 is 2.50 bits per heavy atom. The van der Waals surface area contributed by atoms with Crippen molar-refractivity contribution in [1.82, 2.24) is 0 Å². The molecule has 0 saturated heterocycles. The van der Waals surface area contributed by atoms with Gasteiger partial charge in [-0.05, 0) is 24.5 Å². The fourth-order valence-electron chi connectivity index (χ4n) is 2.39. The van der Waals surface area contributed by atoms with E-state index in [0.29, 0.717) is 9.49 Å². The van der Waals surface area contributed by atoms with Gasteiger partial charge < -0.3 is 5.11 Å². The van der Waals surface area contributed by atoms with Crippen molar-refractivity contribution in [2.24, 2.45) is 0 Å². The van der Waals surface area contributed by atoms with Crippen molar-refractivity contribution in [3.8, 4) is 0 Å². The molecule has 1 aromatic rings. The maximum Gasteiger partial charge on any atom is 0.335 e. The van der Waals surface area contributed by atoms with Crippen LogP contribution in [0.15, 0.2) is 24.3 Å². The van der Waals surface area contributed by atoms with Gasteiger partial charge in [0.25, 0.3) is 0 Å². The van der Waals surface area contributed by atoms with E-state index in [9.17, 15) is 9.90 Å². The third-order valence-electron chi connectivity index (χ3n) is 3.56. The first kappa shape index (κ1) is 17.5. The number of alkyl halides is 1. The van der Waals surface area contributed by atoms with Crippen LogP contribution in [-0.2, 0) is 6.42 Å². The van der Waals surface area contributed by atoms with Crippen molar-refractivity contribution in [1.29, 1.82) is 0 Å². The van der Waals surface area contributed by atoms with E-state index < -0.39 is 5.97 Å². The fraction of sp³-hybridized carbons (Fsp3) is 0.588. The third kappa shape index (κ3) is 6.73. The number of benzene rings is 1. The predicted molar refractivity (Wildman–Crippen MR) is 92.9 cm³/mol. The Bertz CT molecular complexity index is 404. The molecule has 0 spiro atoms. The zero-order chi connectivity index (χ0) is 14.8. The van der Waals surface area contributed by atoms with Crippen LogP contribution in [0.2, 0.25) is 0 Å². The van der Waals surface area contributed by atoms with Gasteiger partial charge in [-0.2, -0.15) is 0 Å². The molecule has 0 heterocycles. The van der Waals surface area contributed by atoms with Crippen LogP contribution in [0.3, 0.4) is 0 Å². The minimum Gasteiger partial charge on any atom is -0.478 e. The van der Waals surface area contributed by atoms with Crippen LogP contribution in [0, 0.1) is 0 Å². The van der Waals surface area contributed by atoms with E-state index >= 15 is 0 Å². The van der Waals surface area contributed by atoms with Crippen molar-refractivity contribution < 1.29 is 9.90 Å². The quantitative estimate of drug-likeness (QED) is 0.327. The number of carboxylic acids is 1. The van der Waals surface area contributed by atoms with Gasteiger partial charge in [-0.25, -0.2) is 4.79 Å². The second-order valence-electron chi connectivity index (χ2n) is 5.32. The summed E-state index contributed by atoms with van der Waals surface area (Å²) in [6.45, 7) is 2.24. The normalized spacial score (nSPS) is 12.3. The molecule has 0 aliphatic carbocycles. The smallest absolute Gasteiger partial charge is 0.335 e. The van der Waals surface area contributed by atoms with E-state index in [4.69, 9.17) is 0 Å². The van der Waals surface area contributed by atoms with Crippen molar-refractivity contribution >= 4 is 28.6 Å². The predicted octanol–water partition coefficient (Wildman–Crippen LogP) is 5.48. The third-order valence-corrected chi connectivity index (χ3v) is 4.62. The van der Waals surface area contributed by atoms with E-state index in [1.165, 1.54) is 44.9 Å². The van der Waals surface area contributed by atoms with Crippen molar-refractivity contribution in [2.75, 3.05) is 0 Å². The molecule has 1 unspecified atom stereocenters. The first-order valence-corrected chi connectivity index (χ1v) is 8.85. The largest absolute Gasteiger partial charge is 0.478 e. The molecule has 0 radical (unpaired) electrons. The number of halogens is 1. The van der Waals surface area contributed by atoms with Crippen LogP contribution in [0.5, 0.6) is 0 Å². The summed E-state index contributed by atoms with van der Waals surface area (Å²) >= 11 is 2.46. The number of unbranched alkanes of at least 4 members (excludes halogenated alkanes) is 5. The molecule has 1 aromatic carbocycles. The number of hydrogen-bond donors (Lipinski definition) is 1. The lowest BCUT2D eigenvalue weighted by atomic mass is 10.0. The summed E-state index contributed by atoms with van der Waals surface area (Å²) in [5.74, 6) is -0.816. The van der Waals surface area contributed by atoms with Gasteiger partial charge >= 0.3 is 5.97 Å². The van der Waals surface area contributed by atoms with Crippen LogP contribution >= 0.6 is 22.6 Å². The second kappa shape index (κ2) is 10.2. The molecule has 1 rings (SSSR count). The molecule has 0 fully saturated rings. The Morgan fingerprint density at radius 2 is 1.80 bits per heavy atom. The van der Waals surface area contributed by atoms with Gasteiger partial charge in [-0.3, -0.25) is 0 Å². The maximum atomic E-state index is 11.2. The standard InChI is InChI=1S/C17H25IO2/c1-2-3-4-5-6-7-11-15(18)13-14-10-8-9-12-16(14)17(19)20/h8-10,12,15H,2-7,11,13H2,1H3,(H,19,20). The highest BCUT2D eigenvalue weighted by Crippen LogP contribution is 2.20. The molecule has 20 heavy (non-hydrogen) atoms. The SMILES string of the molecule is CCCCCCCCC(I)Cc1ccccc1C(=O)O. The zero-order valence-electron chi connectivity index (χ0n) is 12.3. The van der Waals surface area contributed by atoms with Gasteiger partial charge in [0.05, 0.1) is 5.56 Å². The van der Waals surface area contributed by atoms with Crippen molar-refractivity contribution in [2.45, 2.75) is 62.2 Å². The van der Waals surface area contributed by atoms with Gasteiger partial charge in [0.2, 0.25) is 0 Å². The van der Waals surface area contributed by atoms with Crippen LogP contribution in [0.25, 0.3) is 0 Å². The van der Waals surface area contributed by atoms with Crippen LogP contribution in [0.1, 0.15) is 67.8 Å². The Labute approximate surface area is 136 Å². The van der Waals surface area contributed by atoms with Gasteiger partial charge in [0.15, 0.2) is 0 Å². The average Bonchev–Trinajstić information content (AvgIpc) is 2.43. The van der Waals surface area contributed by atoms with Crippen molar-refractivity contribution in [3.63, 3.8) is 0 Å². The Balaban J connectivity index is 2.32. The molecule has 1 N–H and O–H groups in total. The summed E-state index contributed by atoms with van der Waals surface area (Å²) in [6, 6.07) is 7.36. The summed E-state index contributed by atoms with van der Waals surface area (Å²) in [5, 5.41) is 9.17. The molecule has 0 aliphatic heterocycles. The average molecular weight is 388 g/mol. The topological polar surface area (TPSA) is 37.3 Å². The number of hydrogen-bond acceptors (Lipinski definition) is 1. The molecule has 3 heteroatoms. The molecule has 0 aromatic heterocycles. The Morgan fingerprint density at radius 1 is 1.15 bits per heavy atom.